The molecule has 0 saturated carbocycles. The zero-order valence-electron chi connectivity index (χ0n) is 12.3. The number of nitrogens with one attached hydrogen (secondary N) is 1. The molecule has 0 aliphatic heterocycles. The van der Waals surface area contributed by atoms with E-state index < -0.39 is 11.6 Å². The smallest absolute Gasteiger partial charge is 0.126 e. The zero-order chi connectivity index (χ0) is 14.8. The fraction of sp³-hybridized carbons (Fsp3) is 0.625. The lowest BCUT2D eigenvalue weighted by Crippen LogP contribution is -2.28. The van der Waals surface area contributed by atoms with Crippen molar-refractivity contribution in [2.45, 2.75) is 64.3 Å². The maximum absolute atomic E-state index is 13.2. The van der Waals surface area contributed by atoms with Gasteiger partial charge in [0.25, 0.3) is 0 Å². The van der Waals surface area contributed by atoms with E-state index in [-0.39, 0.29) is 6.04 Å². The van der Waals surface area contributed by atoms with Gasteiger partial charge in [0.1, 0.15) is 11.6 Å². The molecule has 0 amide bonds. The normalized spacial score (nSPS) is 12.6. The first-order chi connectivity index (χ1) is 9.67. The lowest BCUT2D eigenvalue weighted by atomic mass is 9.99. The number of hydrazine groups is 1. The maximum Gasteiger partial charge on any atom is 0.126 e. The summed E-state index contributed by atoms with van der Waals surface area (Å²) in [5.41, 5.74) is 3.23. The molecule has 0 radical (unpaired) electrons. The third-order valence-corrected chi connectivity index (χ3v) is 3.58. The van der Waals surface area contributed by atoms with Crippen LogP contribution in [0, 0.1) is 11.6 Å². The lowest BCUT2D eigenvalue weighted by molar-refractivity contribution is 0.469. The first-order valence-electron chi connectivity index (χ1n) is 7.59. The highest BCUT2D eigenvalue weighted by Crippen LogP contribution is 2.21. The molecule has 3 N–H and O–H groups in total. The van der Waals surface area contributed by atoms with Crippen LogP contribution in [0.5, 0.6) is 0 Å². The van der Waals surface area contributed by atoms with E-state index in [0.717, 1.165) is 25.3 Å². The standard InChI is InChI=1S/C16H26F2N2/c1-2-3-4-5-6-7-8-9-16(20-19)13-10-14(17)12-15(18)11-13/h10-12,16,20H,2-9,19H2,1H3. The molecule has 0 bridgehead atoms. The Bertz CT molecular complexity index is 362. The summed E-state index contributed by atoms with van der Waals surface area (Å²) in [6.45, 7) is 2.20. The third kappa shape index (κ3) is 6.44. The Morgan fingerprint density at radius 3 is 2.05 bits per heavy atom. The Kier molecular flexibility index (Phi) is 8.38. The van der Waals surface area contributed by atoms with Crippen molar-refractivity contribution >= 4 is 0 Å². The molecular formula is C16H26F2N2. The number of hydrogen-bond acceptors (Lipinski definition) is 2. The summed E-state index contributed by atoms with van der Waals surface area (Å²) >= 11 is 0. The number of hydrogen-bond donors (Lipinski definition) is 2. The van der Waals surface area contributed by atoms with Gasteiger partial charge in [-0.2, -0.15) is 0 Å². The molecule has 1 unspecified atom stereocenters. The molecule has 1 aromatic rings. The monoisotopic (exact) mass is 284 g/mol. The van der Waals surface area contributed by atoms with Crippen LogP contribution in [-0.4, -0.2) is 0 Å². The Morgan fingerprint density at radius 2 is 1.50 bits per heavy atom. The van der Waals surface area contributed by atoms with Gasteiger partial charge >= 0.3 is 0 Å². The summed E-state index contributed by atoms with van der Waals surface area (Å²) in [7, 11) is 0. The van der Waals surface area contributed by atoms with E-state index in [1.807, 2.05) is 0 Å². The molecule has 0 saturated heterocycles. The van der Waals surface area contributed by atoms with Gasteiger partial charge in [-0.15, -0.1) is 0 Å². The lowest BCUT2D eigenvalue weighted by Gasteiger charge is -2.16. The van der Waals surface area contributed by atoms with Gasteiger partial charge in [0, 0.05) is 12.1 Å². The second-order valence-electron chi connectivity index (χ2n) is 5.33. The van der Waals surface area contributed by atoms with Gasteiger partial charge in [-0.1, -0.05) is 51.9 Å². The summed E-state index contributed by atoms with van der Waals surface area (Å²) in [6, 6.07) is 3.38. The van der Waals surface area contributed by atoms with E-state index in [9.17, 15) is 8.78 Å². The van der Waals surface area contributed by atoms with E-state index >= 15 is 0 Å². The van der Waals surface area contributed by atoms with Gasteiger partial charge in [-0.25, -0.2) is 8.78 Å². The van der Waals surface area contributed by atoms with Crippen LogP contribution in [0.3, 0.4) is 0 Å². The van der Waals surface area contributed by atoms with E-state index in [2.05, 4.69) is 12.3 Å². The fourth-order valence-corrected chi connectivity index (χ4v) is 2.43. The average Bonchev–Trinajstić information content (AvgIpc) is 2.41. The van der Waals surface area contributed by atoms with Crippen LogP contribution in [0.2, 0.25) is 0 Å². The number of nitrogens with two attached hydrogens (primary N) is 1. The first kappa shape index (κ1) is 17.1. The Hall–Kier alpha value is -1.00. The van der Waals surface area contributed by atoms with Crippen LogP contribution in [0.15, 0.2) is 18.2 Å². The Labute approximate surface area is 120 Å². The summed E-state index contributed by atoms with van der Waals surface area (Å²) in [6.07, 6.45) is 9.29. The second-order valence-corrected chi connectivity index (χ2v) is 5.33. The third-order valence-electron chi connectivity index (χ3n) is 3.58. The second kappa shape index (κ2) is 9.83. The molecule has 2 nitrogen and oxygen atoms in total. The van der Waals surface area contributed by atoms with Crippen molar-refractivity contribution in [2.75, 3.05) is 0 Å². The Balaban J connectivity index is 2.32. The van der Waals surface area contributed by atoms with Crippen LogP contribution < -0.4 is 11.3 Å². The van der Waals surface area contributed by atoms with Crippen molar-refractivity contribution in [2.24, 2.45) is 5.84 Å². The molecule has 0 spiro atoms. The summed E-state index contributed by atoms with van der Waals surface area (Å²) < 4.78 is 26.4. The molecule has 1 atom stereocenters. The van der Waals surface area contributed by atoms with Crippen LogP contribution >= 0.6 is 0 Å². The topological polar surface area (TPSA) is 38.0 Å². The molecule has 114 valence electrons. The average molecular weight is 284 g/mol. The van der Waals surface area contributed by atoms with Crippen molar-refractivity contribution < 1.29 is 8.78 Å². The van der Waals surface area contributed by atoms with E-state index in [1.165, 1.54) is 44.2 Å². The number of rotatable bonds is 10. The van der Waals surface area contributed by atoms with Crippen LogP contribution in [0.25, 0.3) is 0 Å². The fourth-order valence-electron chi connectivity index (χ4n) is 2.43. The number of halogens is 2. The van der Waals surface area contributed by atoms with Crippen molar-refractivity contribution in [3.05, 3.63) is 35.4 Å². The summed E-state index contributed by atoms with van der Waals surface area (Å²) in [5.74, 6) is 4.38. The predicted molar refractivity (Wildman–Crippen MR) is 79.0 cm³/mol. The van der Waals surface area contributed by atoms with Crippen LogP contribution in [0.4, 0.5) is 8.78 Å². The minimum atomic E-state index is -0.556. The van der Waals surface area contributed by atoms with E-state index in [4.69, 9.17) is 5.84 Å². The largest absolute Gasteiger partial charge is 0.271 e. The molecule has 1 aromatic carbocycles. The summed E-state index contributed by atoms with van der Waals surface area (Å²) in [4.78, 5) is 0. The maximum atomic E-state index is 13.2. The molecule has 4 heteroatoms. The molecule has 0 fully saturated rings. The van der Waals surface area contributed by atoms with Crippen LogP contribution in [-0.2, 0) is 0 Å². The minimum absolute atomic E-state index is 0.184. The highest BCUT2D eigenvalue weighted by molar-refractivity contribution is 5.21. The molecule has 0 aliphatic rings. The summed E-state index contributed by atoms with van der Waals surface area (Å²) in [5, 5.41) is 0. The zero-order valence-corrected chi connectivity index (χ0v) is 12.3. The van der Waals surface area contributed by atoms with Gasteiger partial charge < -0.3 is 0 Å². The number of benzene rings is 1. The quantitative estimate of drug-likeness (QED) is 0.374. The predicted octanol–water partition coefficient (Wildman–Crippen LogP) is 4.61. The van der Waals surface area contributed by atoms with E-state index in [0.29, 0.717) is 5.56 Å². The Morgan fingerprint density at radius 1 is 0.950 bits per heavy atom. The molecule has 20 heavy (non-hydrogen) atoms. The van der Waals surface area contributed by atoms with Crippen LogP contribution in [0.1, 0.15) is 69.9 Å². The molecule has 0 aliphatic carbocycles. The minimum Gasteiger partial charge on any atom is -0.271 e. The van der Waals surface area contributed by atoms with Crippen molar-refractivity contribution in [1.82, 2.24) is 5.43 Å². The number of unbranched alkanes of at least 4 members (excludes halogenated alkanes) is 6. The van der Waals surface area contributed by atoms with Crippen molar-refractivity contribution in [3.63, 3.8) is 0 Å². The van der Waals surface area contributed by atoms with Crippen molar-refractivity contribution in [1.29, 1.82) is 0 Å². The SMILES string of the molecule is CCCCCCCCCC(NN)c1cc(F)cc(F)c1. The highest BCUT2D eigenvalue weighted by atomic mass is 19.1. The van der Waals surface area contributed by atoms with Crippen molar-refractivity contribution in [3.8, 4) is 0 Å². The molecule has 0 heterocycles. The van der Waals surface area contributed by atoms with Gasteiger partial charge in [0.05, 0.1) is 0 Å². The molecule has 1 rings (SSSR count). The van der Waals surface area contributed by atoms with Gasteiger partial charge in [0.15, 0.2) is 0 Å². The van der Waals surface area contributed by atoms with Gasteiger partial charge in [-0.3, -0.25) is 11.3 Å². The van der Waals surface area contributed by atoms with Gasteiger partial charge in [0.2, 0.25) is 0 Å². The highest BCUT2D eigenvalue weighted by Gasteiger charge is 2.11. The first-order valence-corrected chi connectivity index (χ1v) is 7.59. The molecule has 0 aromatic heterocycles. The van der Waals surface area contributed by atoms with E-state index in [1.54, 1.807) is 0 Å². The van der Waals surface area contributed by atoms with Gasteiger partial charge in [-0.05, 0) is 24.1 Å². The molecular weight excluding hydrogens is 258 g/mol.